The number of carbonyl (C=O) groups is 1. The summed E-state index contributed by atoms with van der Waals surface area (Å²) >= 11 is 0. The molecule has 0 radical (unpaired) electrons. The number of nitrogens with zero attached hydrogens (tertiary/aromatic N) is 1. The summed E-state index contributed by atoms with van der Waals surface area (Å²) in [5, 5.41) is 3.39. The van der Waals surface area contributed by atoms with E-state index in [1.165, 1.54) is 5.56 Å². The van der Waals surface area contributed by atoms with E-state index in [1.807, 2.05) is 39.0 Å². The molecule has 5 nitrogen and oxygen atoms in total. The third kappa shape index (κ3) is 5.31. The summed E-state index contributed by atoms with van der Waals surface area (Å²) in [6.45, 7) is 8.80. The molecule has 1 saturated heterocycles. The lowest BCUT2D eigenvalue weighted by Crippen LogP contribution is -2.54. The van der Waals surface area contributed by atoms with Gasteiger partial charge in [0.1, 0.15) is 5.60 Å². The number of ether oxygens (including phenoxy) is 2. The standard InChI is InChI=1S/C17H26N2O3/c1-17(2,3)22-16(20)19-9-10-21-13-15(19)12-18-11-14-7-5-4-6-8-14/h4-8,15,18H,9-13H2,1-3H3. The number of benzene rings is 1. The number of carbonyl (C=O) groups excluding carboxylic acids is 1. The topological polar surface area (TPSA) is 50.8 Å². The van der Waals surface area contributed by atoms with Crippen molar-refractivity contribution in [3.05, 3.63) is 35.9 Å². The number of hydrogen-bond donors (Lipinski definition) is 1. The molecule has 22 heavy (non-hydrogen) atoms. The maximum Gasteiger partial charge on any atom is 0.410 e. The lowest BCUT2D eigenvalue weighted by molar-refractivity contribution is -0.0317. The second kappa shape index (κ2) is 7.61. The Morgan fingerprint density at radius 2 is 2.09 bits per heavy atom. The van der Waals surface area contributed by atoms with Crippen LogP contribution in [-0.2, 0) is 16.0 Å². The van der Waals surface area contributed by atoms with Gasteiger partial charge in [0, 0.05) is 19.6 Å². The Hall–Kier alpha value is -1.59. The van der Waals surface area contributed by atoms with Crippen molar-refractivity contribution >= 4 is 6.09 Å². The van der Waals surface area contributed by atoms with Gasteiger partial charge in [-0.1, -0.05) is 30.3 Å². The maximum atomic E-state index is 12.3. The Kier molecular flexibility index (Phi) is 5.80. The van der Waals surface area contributed by atoms with Crippen molar-refractivity contribution in [1.29, 1.82) is 0 Å². The minimum absolute atomic E-state index is 0.00677. The van der Waals surface area contributed by atoms with Gasteiger partial charge >= 0.3 is 6.09 Å². The van der Waals surface area contributed by atoms with Crippen LogP contribution in [0, 0.1) is 0 Å². The molecule has 1 atom stereocenters. The molecule has 0 aliphatic carbocycles. The predicted molar refractivity (Wildman–Crippen MR) is 85.7 cm³/mol. The SMILES string of the molecule is CC(C)(C)OC(=O)N1CCOCC1CNCc1ccccc1. The molecular weight excluding hydrogens is 280 g/mol. The minimum Gasteiger partial charge on any atom is -0.444 e. The molecule has 1 heterocycles. The van der Waals surface area contributed by atoms with E-state index in [4.69, 9.17) is 9.47 Å². The van der Waals surface area contributed by atoms with E-state index in [0.29, 0.717) is 26.3 Å². The highest BCUT2D eigenvalue weighted by molar-refractivity contribution is 5.68. The van der Waals surface area contributed by atoms with Crippen LogP contribution in [0.4, 0.5) is 4.79 Å². The summed E-state index contributed by atoms with van der Waals surface area (Å²) in [6, 6.07) is 10.2. The molecule has 122 valence electrons. The van der Waals surface area contributed by atoms with E-state index >= 15 is 0 Å². The second-order valence-corrected chi connectivity index (χ2v) is 6.52. The van der Waals surface area contributed by atoms with Gasteiger partial charge in [0.25, 0.3) is 0 Å². The van der Waals surface area contributed by atoms with Crippen LogP contribution in [0.2, 0.25) is 0 Å². The summed E-state index contributed by atoms with van der Waals surface area (Å²) in [5.74, 6) is 0. The summed E-state index contributed by atoms with van der Waals surface area (Å²) < 4.78 is 11.0. The zero-order chi connectivity index (χ0) is 16.0. The van der Waals surface area contributed by atoms with Crippen LogP contribution in [0.5, 0.6) is 0 Å². The highest BCUT2D eigenvalue weighted by Gasteiger charge is 2.30. The molecule has 1 unspecified atom stereocenters. The predicted octanol–water partition coefficient (Wildman–Crippen LogP) is 2.41. The van der Waals surface area contributed by atoms with Crippen LogP contribution in [0.25, 0.3) is 0 Å². The molecule has 0 bridgehead atoms. The lowest BCUT2D eigenvalue weighted by atomic mass is 10.2. The van der Waals surface area contributed by atoms with Crippen molar-refractivity contribution in [2.24, 2.45) is 0 Å². The molecule has 1 aliphatic heterocycles. The van der Waals surface area contributed by atoms with Crippen LogP contribution in [-0.4, -0.2) is 48.9 Å². The van der Waals surface area contributed by atoms with Crippen molar-refractivity contribution in [3.8, 4) is 0 Å². The van der Waals surface area contributed by atoms with Gasteiger partial charge in [0.2, 0.25) is 0 Å². The molecule has 0 aromatic heterocycles. The zero-order valence-electron chi connectivity index (χ0n) is 13.7. The third-order valence-corrected chi connectivity index (χ3v) is 3.41. The Labute approximate surface area is 132 Å². The van der Waals surface area contributed by atoms with Gasteiger partial charge in [0.05, 0.1) is 19.3 Å². The van der Waals surface area contributed by atoms with Crippen LogP contribution in [0.1, 0.15) is 26.3 Å². The quantitative estimate of drug-likeness (QED) is 0.928. The van der Waals surface area contributed by atoms with E-state index in [0.717, 1.165) is 6.54 Å². The van der Waals surface area contributed by atoms with E-state index in [9.17, 15) is 4.79 Å². The van der Waals surface area contributed by atoms with Crippen molar-refractivity contribution in [2.75, 3.05) is 26.3 Å². The Bertz CT molecular complexity index is 471. The smallest absolute Gasteiger partial charge is 0.410 e. The lowest BCUT2D eigenvalue weighted by Gasteiger charge is -2.36. The molecule has 0 saturated carbocycles. The summed E-state index contributed by atoms with van der Waals surface area (Å²) in [5.41, 5.74) is 0.750. The fraction of sp³-hybridized carbons (Fsp3) is 0.588. The molecule has 1 amide bonds. The van der Waals surface area contributed by atoms with E-state index in [1.54, 1.807) is 4.90 Å². The second-order valence-electron chi connectivity index (χ2n) is 6.52. The highest BCUT2D eigenvalue weighted by atomic mass is 16.6. The van der Waals surface area contributed by atoms with Crippen LogP contribution in [0.3, 0.4) is 0 Å². The van der Waals surface area contributed by atoms with Gasteiger partial charge in [-0.05, 0) is 26.3 Å². The Morgan fingerprint density at radius 1 is 1.36 bits per heavy atom. The van der Waals surface area contributed by atoms with Gasteiger partial charge < -0.3 is 14.8 Å². The monoisotopic (exact) mass is 306 g/mol. The first-order chi connectivity index (χ1) is 10.5. The molecule has 1 N–H and O–H groups in total. The molecule has 2 rings (SSSR count). The molecule has 1 aromatic rings. The van der Waals surface area contributed by atoms with E-state index in [2.05, 4.69) is 17.4 Å². The largest absolute Gasteiger partial charge is 0.444 e. The van der Waals surface area contributed by atoms with Crippen molar-refractivity contribution in [1.82, 2.24) is 10.2 Å². The van der Waals surface area contributed by atoms with Crippen LogP contribution >= 0.6 is 0 Å². The number of amides is 1. The highest BCUT2D eigenvalue weighted by Crippen LogP contribution is 2.14. The molecule has 1 aromatic carbocycles. The zero-order valence-corrected chi connectivity index (χ0v) is 13.7. The molecule has 1 fully saturated rings. The first-order valence-electron chi connectivity index (χ1n) is 7.78. The Morgan fingerprint density at radius 3 is 2.77 bits per heavy atom. The minimum atomic E-state index is -0.475. The third-order valence-electron chi connectivity index (χ3n) is 3.41. The normalized spacial score (nSPS) is 19.0. The van der Waals surface area contributed by atoms with Crippen LogP contribution < -0.4 is 5.32 Å². The van der Waals surface area contributed by atoms with E-state index in [-0.39, 0.29) is 12.1 Å². The van der Waals surface area contributed by atoms with Crippen molar-refractivity contribution < 1.29 is 14.3 Å². The molecule has 0 spiro atoms. The fourth-order valence-corrected chi connectivity index (χ4v) is 2.36. The first kappa shape index (κ1) is 16.8. The van der Waals surface area contributed by atoms with Gasteiger partial charge in [-0.15, -0.1) is 0 Å². The summed E-state index contributed by atoms with van der Waals surface area (Å²) in [4.78, 5) is 14.0. The summed E-state index contributed by atoms with van der Waals surface area (Å²) in [7, 11) is 0. The number of morpholine rings is 1. The summed E-state index contributed by atoms with van der Waals surface area (Å²) in [6.07, 6.45) is -0.262. The maximum absolute atomic E-state index is 12.3. The number of nitrogens with one attached hydrogen (secondary N) is 1. The number of rotatable bonds is 4. The van der Waals surface area contributed by atoms with Gasteiger partial charge in [-0.3, -0.25) is 4.90 Å². The van der Waals surface area contributed by atoms with Gasteiger partial charge in [0.15, 0.2) is 0 Å². The average Bonchev–Trinajstić information content (AvgIpc) is 2.47. The fourth-order valence-electron chi connectivity index (χ4n) is 2.36. The molecule has 1 aliphatic rings. The van der Waals surface area contributed by atoms with Crippen LogP contribution in [0.15, 0.2) is 30.3 Å². The van der Waals surface area contributed by atoms with Crippen molar-refractivity contribution in [3.63, 3.8) is 0 Å². The number of hydrogen-bond acceptors (Lipinski definition) is 4. The van der Waals surface area contributed by atoms with E-state index < -0.39 is 5.60 Å². The first-order valence-corrected chi connectivity index (χ1v) is 7.78. The van der Waals surface area contributed by atoms with Crippen molar-refractivity contribution in [2.45, 2.75) is 39.0 Å². The molecule has 5 heteroatoms. The Balaban J connectivity index is 1.85. The molecular formula is C17H26N2O3. The average molecular weight is 306 g/mol. The van der Waals surface area contributed by atoms with Gasteiger partial charge in [-0.2, -0.15) is 0 Å². The van der Waals surface area contributed by atoms with Gasteiger partial charge in [-0.25, -0.2) is 4.79 Å².